The van der Waals surface area contributed by atoms with E-state index < -0.39 is 15.6 Å². The molecule has 2 aromatic rings. The van der Waals surface area contributed by atoms with Gasteiger partial charge in [-0.15, -0.1) is 0 Å². The average molecular weight is 458 g/mol. The molecule has 0 radical (unpaired) electrons. The van der Waals surface area contributed by atoms with Crippen LogP contribution in [0.25, 0.3) is 0 Å². The minimum atomic E-state index is -3.72. The normalized spacial score (nSPS) is 17.8. The molecule has 0 spiro atoms. The summed E-state index contributed by atoms with van der Waals surface area (Å²) in [5.74, 6) is -0.326. The van der Waals surface area contributed by atoms with Crippen LogP contribution < -0.4 is 10.0 Å². The molecule has 174 valence electrons. The Kier molecular flexibility index (Phi) is 7.43. The Morgan fingerprint density at radius 2 is 1.78 bits per heavy atom. The molecule has 2 N–H and O–H groups in total. The number of nitrogens with zero attached hydrogens (tertiary/aromatic N) is 1. The van der Waals surface area contributed by atoms with Crippen LogP contribution in [0, 0.1) is 6.92 Å². The fraction of sp³-hybridized carbons (Fsp3) is 0.480. The maximum Gasteiger partial charge on any atom is 0.255 e. The van der Waals surface area contributed by atoms with Crippen molar-refractivity contribution in [3.05, 3.63) is 59.2 Å². The topological polar surface area (TPSA) is 78.5 Å². The Bertz CT molecular complexity index is 1060. The first-order chi connectivity index (χ1) is 14.9. The predicted molar refractivity (Wildman–Crippen MR) is 129 cm³/mol. The number of hydrogen-bond acceptors (Lipinski definition) is 4. The van der Waals surface area contributed by atoms with Crippen molar-refractivity contribution in [3.8, 4) is 0 Å². The highest BCUT2D eigenvalue weighted by Gasteiger charge is 2.24. The second-order valence-corrected chi connectivity index (χ2v) is 11.5. The number of piperidine rings is 1. The second kappa shape index (κ2) is 9.73. The molecule has 1 saturated heterocycles. The Morgan fingerprint density at radius 3 is 2.41 bits per heavy atom. The van der Waals surface area contributed by atoms with Crippen molar-refractivity contribution in [2.24, 2.45) is 0 Å². The summed E-state index contributed by atoms with van der Waals surface area (Å²) < 4.78 is 28.0. The van der Waals surface area contributed by atoms with E-state index >= 15 is 0 Å². The van der Waals surface area contributed by atoms with Gasteiger partial charge >= 0.3 is 0 Å². The molecule has 1 atom stereocenters. The number of carbonyl (C=O) groups excluding carboxylic acids is 1. The van der Waals surface area contributed by atoms with Crippen molar-refractivity contribution in [3.63, 3.8) is 0 Å². The van der Waals surface area contributed by atoms with Crippen LogP contribution in [-0.4, -0.2) is 37.4 Å². The quantitative estimate of drug-likeness (QED) is 0.659. The zero-order valence-electron chi connectivity index (χ0n) is 19.7. The van der Waals surface area contributed by atoms with E-state index in [1.165, 1.54) is 37.0 Å². The van der Waals surface area contributed by atoms with E-state index in [-0.39, 0.29) is 10.8 Å². The van der Waals surface area contributed by atoms with Gasteiger partial charge in [0.15, 0.2) is 0 Å². The number of likely N-dealkylation sites (tertiary alicyclic amines) is 1. The number of benzene rings is 2. The highest BCUT2D eigenvalue weighted by molar-refractivity contribution is 7.89. The Labute approximate surface area is 192 Å². The summed E-state index contributed by atoms with van der Waals surface area (Å²) in [6, 6.07) is 13.1. The first-order valence-corrected chi connectivity index (χ1v) is 12.7. The molecule has 1 fully saturated rings. The molecular formula is C25H35N3O3S. The van der Waals surface area contributed by atoms with Gasteiger partial charge in [-0.1, -0.05) is 24.6 Å². The first kappa shape index (κ1) is 24.4. The molecule has 7 heteroatoms. The van der Waals surface area contributed by atoms with Gasteiger partial charge in [0.2, 0.25) is 10.0 Å². The van der Waals surface area contributed by atoms with E-state index in [4.69, 9.17) is 0 Å². The Balaban J connectivity index is 1.71. The molecule has 0 aromatic heterocycles. The van der Waals surface area contributed by atoms with Crippen LogP contribution in [0.15, 0.2) is 47.4 Å². The van der Waals surface area contributed by atoms with Crippen molar-refractivity contribution < 1.29 is 13.2 Å². The SMILES string of the molecule is Cc1ccc(S(=O)(=O)NC(C)(C)C)cc1C(=O)Nc1ccc(CN2CCCCC2C)cc1. The number of sulfonamides is 1. The van der Waals surface area contributed by atoms with E-state index in [1.807, 2.05) is 24.3 Å². The smallest absolute Gasteiger partial charge is 0.255 e. The number of nitrogens with one attached hydrogen (secondary N) is 2. The van der Waals surface area contributed by atoms with Crippen LogP contribution in [-0.2, 0) is 16.6 Å². The third kappa shape index (κ3) is 6.40. The maximum atomic E-state index is 12.9. The van der Waals surface area contributed by atoms with Gasteiger partial charge in [-0.25, -0.2) is 13.1 Å². The number of carbonyl (C=O) groups is 1. The summed E-state index contributed by atoms with van der Waals surface area (Å²) in [5, 5.41) is 2.90. The molecular weight excluding hydrogens is 422 g/mol. The number of rotatable bonds is 6. The minimum Gasteiger partial charge on any atom is -0.322 e. The number of amides is 1. The molecule has 32 heavy (non-hydrogen) atoms. The predicted octanol–water partition coefficient (Wildman–Crippen LogP) is 4.70. The van der Waals surface area contributed by atoms with E-state index in [1.54, 1.807) is 33.8 Å². The molecule has 0 aliphatic carbocycles. The lowest BCUT2D eigenvalue weighted by molar-refractivity contribution is 0.102. The molecule has 1 heterocycles. The van der Waals surface area contributed by atoms with Gasteiger partial charge in [0.25, 0.3) is 5.91 Å². The van der Waals surface area contributed by atoms with E-state index in [9.17, 15) is 13.2 Å². The second-order valence-electron chi connectivity index (χ2n) is 9.80. The van der Waals surface area contributed by atoms with Crippen LogP contribution >= 0.6 is 0 Å². The average Bonchev–Trinajstić information content (AvgIpc) is 2.69. The van der Waals surface area contributed by atoms with Crippen LogP contribution in [0.1, 0.15) is 68.4 Å². The number of hydrogen-bond donors (Lipinski definition) is 2. The summed E-state index contributed by atoms with van der Waals surface area (Å²) in [7, 11) is -3.72. The maximum absolute atomic E-state index is 12.9. The lowest BCUT2D eigenvalue weighted by Gasteiger charge is -2.33. The van der Waals surface area contributed by atoms with Crippen molar-refractivity contribution >= 4 is 21.6 Å². The fourth-order valence-corrected chi connectivity index (χ4v) is 5.44. The molecule has 0 saturated carbocycles. The summed E-state index contributed by atoms with van der Waals surface area (Å²) in [5.41, 5.74) is 2.35. The monoisotopic (exact) mass is 457 g/mol. The molecule has 6 nitrogen and oxygen atoms in total. The van der Waals surface area contributed by atoms with Crippen LogP contribution in [0.3, 0.4) is 0 Å². The third-order valence-electron chi connectivity index (χ3n) is 5.74. The van der Waals surface area contributed by atoms with Crippen molar-refractivity contribution in [2.45, 2.75) is 76.9 Å². The van der Waals surface area contributed by atoms with Crippen LogP contribution in [0.4, 0.5) is 5.69 Å². The molecule has 2 aromatic carbocycles. The first-order valence-electron chi connectivity index (χ1n) is 11.2. The van der Waals surface area contributed by atoms with Gasteiger partial charge in [-0.2, -0.15) is 0 Å². The van der Waals surface area contributed by atoms with Gasteiger partial charge in [0, 0.05) is 29.4 Å². The van der Waals surface area contributed by atoms with E-state index in [0.29, 0.717) is 22.9 Å². The zero-order valence-corrected chi connectivity index (χ0v) is 20.6. The highest BCUT2D eigenvalue weighted by Crippen LogP contribution is 2.22. The summed E-state index contributed by atoms with van der Waals surface area (Å²) in [6.45, 7) is 11.5. The highest BCUT2D eigenvalue weighted by atomic mass is 32.2. The minimum absolute atomic E-state index is 0.0779. The summed E-state index contributed by atoms with van der Waals surface area (Å²) in [6.07, 6.45) is 3.79. The van der Waals surface area contributed by atoms with Gasteiger partial charge in [-0.05, 0) is 89.4 Å². The summed E-state index contributed by atoms with van der Waals surface area (Å²) >= 11 is 0. The standard InChI is InChI=1S/C25H35N3O3S/c1-18-9-14-22(32(30,31)27-25(3,4)5)16-23(18)24(29)26-21-12-10-20(11-13-21)17-28-15-7-6-8-19(28)2/h9-14,16,19,27H,6-8,15,17H2,1-5H3,(H,26,29). The van der Waals surface area contributed by atoms with E-state index in [2.05, 4.69) is 21.9 Å². The molecule has 1 aliphatic heterocycles. The largest absolute Gasteiger partial charge is 0.322 e. The van der Waals surface area contributed by atoms with Gasteiger partial charge in [0.05, 0.1) is 4.90 Å². The summed E-state index contributed by atoms with van der Waals surface area (Å²) in [4.78, 5) is 15.5. The Morgan fingerprint density at radius 1 is 1.09 bits per heavy atom. The van der Waals surface area contributed by atoms with Crippen LogP contribution in [0.5, 0.6) is 0 Å². The fourth-order valence-electron chi connectivity index (χ4n) is 3.99. The van der Waals surface area contributed by atoms with Gasteiger partial charge in [-0.3, -0.25) is 9.69 Å². The van der Waals surface area contributed by atoms with Crippen molar-refractivity contribution in [1.82, 2.24) is 9.62 Å². The molecule has 3 rings (SSSR count). The zero-order chi connectivity index (χ0) is 23.5. The van der Waals surface area contributed by atoms with Gasteiger partial charge in [0.1, 0.15) is 0 Å². The third-order valence-corrected chi connectivity index (χ3v) is 7.50. The molecule has 0 bridgehead atoms. The van der Waals surface area contributed by atoms with Gasteiger partial charge < -0.3 is 5.32 Å². The van der Waals surface area contributed by atoms with E-state index in [0.717, 1.165) is 13.1 Å². The molecule has 1 amide bonds. The Hall–Kier alpha value is -2.22. The molecule has 1 aliphatic rings. The lowest BCUT2D eigenvalue weighted by atomic mass is 10.0. The lowest BCUT2D eigenvalue weighted by Crippen LogP contribution is -2.40. The van der Waals surface area contributed by atoms with Crippen LogP contribution in [0.2, 0.25) is 0 Å². The van der Waals surface area contributed by atoms with Crippen molar-refractivity contribution in [1.29, 1.82) is 0 Å². The number of aryl methyl sites for hydroxylation is 1. The van der Waals surface area contributed by atoms with Crippen molar-refractivity contribution in [2.75, 3.05) is 11.9 Å². The molecule has 1 unspecified atom stereocenters. The number of anilines is 1.